The van der Waals surface area contributed by atoms with Gasteiger partial charge in [-0.3, -0.25) is 4.79 Å². The Morgan fingerprint density at radius 3 is 2.20 bits per heavy atom. The molecule has 4 aromatic rings. The molecule has 0 saturated heterocycles. The van der Waals surface area contributed by atoms with E-state index >= 15 is 0 Å². The SMILES string of the molecule is CCC(C)(C)C(=O)/C=C(\O)C(C)(C)CC.Cc1ccc2cnc(Oc3[c-]cccc3)cc2c1-c1ccccc1.[Ir]. The van der Waals surface area contributed by atoms with Gasteiger partial charge in [0.05, 0.1) is 0 Å². The van der Waals surface area contributed by atoms with Crippen LogP contribution in [0.3, 0.4) is 0 Å². The minimum Gasteiger partial charge on any atom is -0.512 e. The van der Waals surface area contributed by atoms with Crippen LogP contribution in [0.15, 0.2) is 90.8 Å². The maximum absolute atomic E-state index is 11.8. The van der Waals surface area contributed by atoms with Crippen molar-refractivity contribution in [3.63, 3.8) is 0 Å². The Kier molecular flexibility index (Phi) is 11.8. The fourth-order valence-electron chi connectivity index (χ4n) is 3.77. The molecule has 0 atom stereocenters. The molecule has 1 aromatic heterocycles. The average Bonchev–Trinajstić information content (AvgIpc) is 2.94. The van der Waals surface area contributed by atoms with Crippen LogP contribution in [0.5, 0.6) is 11.6 Å². The summed E-state index contributed by atoms with van der Waals surface area (Å²) in [6, 6.07) is 27.3. The molecule has 1 radical (unpaired) electrons. The molecule has 3 aromatic carbocycles. The number of aromatic nitrogens is 1. The maximum Gasteiger partial charge on any atom is 0.217 e. The molecule has 0 spiro atoms. The quantitative estimate of drug-likeness (QED) is 0.112. The summed E-state index contributed by atoms with van der Waals surface area (Å²) in [4.78, 5) is 16.3. The maximum atomic E-state index is 11.8. The van der Waals surface area contributed by atoms with Crippen LogP contribution < -0.4 is 4.74 Å². The van der Waals surface area contributed by atoms with Gasteiger partial charge in [-0.1, -0.05) is 84.0 Å². The zero-order chi connectivity index (χ0) is 28.6. The van der Waals surface area contributed by atoms with Gasteiger partial charge in [-0.05, 0) is 41.8 Å². The molecule has 0 amide bonds. The van der Waals surface area contributed by atoms with Gasteiger partial charge < -0.3 is 9.84 Å². The number of ketones is 1. The molecule has 0 bridgehead atoms. The average molecular weight is 715 g/mol. The Bertz CT molecular complexity index is 1430. The number of hydrogen-bond donors (Lipinski definition) is 1. The van der Waals surface area contributed by atoms with Crippen molar-refractivity contribution in [3.05, 3.63) is 102 Å². The van der Waals surface area contributed by atoms with Crippen molar-refractivity contribution in [2.75, 3.05) is 0 Å². The number of aryl methyl sites for hydroxylation is 1. The minimum absolute atomic E-state index is 0. The predicted octanol–water partition coefficient (Wildman–Crippen LogP) is 9.67. The van der Waals surface area contributed by atoms with Gasteiger partial charge in [0, 0.05) is 60.4 Å². The molecule has 40 heavy (non-hydrogen) atoms. The molecule has 0 unspecified atom stereocenters. The van der Waals surface area contributed by atoms with Crippen molar-refractivity contribution in [1.29, 1.82) is 0 Å². The fourth-order valence-corrected chi connectivity index (χ4v) is 3.77. The third kappa shape index (κ3) is 8.36. The number of nitrogens with zero attached hydrogens (tertiary/aromatic N) is 1. The summed E-state index contributed by atoms with van der Waals surface area (Å²) in [6.45, 7) is 13.8. The third-order valence-corrected chi connectivity index (χ3v) is 7.44. The number of carbonyl (C=O) groups excluding carboxylic acids is 1. The predicted molar refractivity (Wildman–Crippen MR) is 161 cm³/mol. The summed E-state index contributed by atoms with van der Waals surface area (Å²) < 4.78 is 5.85. The summed E-state index contributed by atoms with van der Waals surface area (Å²) >= 11 is 0. The van der Waals surface area contributed by atoms with Gasteiger partial charge in [-0.25, -0.2) is 4.98 Å². The van der Waals surface area contributed by atoms with Crippen LogP contribution in [-0.4, -0.2) is 15.9 Å². The summed E-state index contributed by atoms with van der Waals surface area (Å²) in [5, 5.41) is 12.1. The number of hydrogen-bond acceptors (Lipinski definition) is 4. The van der Waals surface area contributed by atoms with Gasteiger partial charge in [0.15, 0.2) is 5.78 Å². The van der Waals surface area contributed by atoms with Crippen molar-refractivity contribution >= 4 is 16.6 Å². The molecule has 0 saturated carbocycles. The van der Waals surface area contributed by atoms with Crippen LogP contribution in [0, 0.1) is 23.8 Å². The van der Waals surface area contributed by atoms with Crippen LogP contribution in [0.25, 0.3) is 21.9 Å². The Balaban J connectivity index is 0.000000307. The van der Waals surface area contributed by atoms with E-state index in [0.717, 1.165) is 23.6 Å². The van der Waals surface area contributed by atoms with E-state index < -0.39 is 0 Å². The molecular formula is C35H40IrNO3-. The third-order valence-electron chi connectivity index (χ3n) is 7.44. The van der Waals surface area contributed by atoms with E-state index in [4.69, 9.17) is 4.74 Å². The number of para-hydroxylation sites is 1. The minimum atomic E-state index is -0.377. The second-order valence-corrected chi connectivity index (χ2v) is 11.1. The van der Waals surface area contributed by atoms with Crippen molar-refractivity contribution in [2.45, 2.75) is 61.3 Å². The van der Waals surface area contributed by atoms with Gasteiger partial charge in [-0.15, -0.1) is 12.1 Å². The molecule has 4 rings (SSSR count). The van der Waals surface area contributed by atoms with Crippen LogP contribution in [-0.2, 0) is 24.9 Å². The van der Waals surface area contributed by atoms with Gasteiger partial charge in [-0.2, -0.15) is 18.2 Å². The zero-order valence-electron chi connectivity index (χ0n) is 24.5. The summed E-state index contributed by atoms with van der Waals surface area (Å²) in [6.07, 6.45) is 4.85. The van der Waals surface area contributed by atoms with E-state index in [1.807, 2.05) is 84.1 Å². The first-order chi connectivity index (χ1) is 18.5. The number of allylic oxidation sites excluding steroid dienone is 2. The molecule has 5 heteroatoms. The molecule has 1 heterocycles. The van der Waals surface area contributed by atoms with Gasteiger partial charge in [0.1, 0.15) is 5.76 Å². The number of ether oxygens (including phenoxy) is 1. The molecule has 213 valence electrons. The van der Waals surface area contributed by atoms with Gasteiger partial charge in [0.25, 0.3) is 0 Å². The Labute approximate surface area is 252 Å². The van der Waals surface area contributed by atoms with Crippen molar-refractivity contribution < 1.29 is 34.7 Å². The number of fused-ring (bicyclic) bond motifs is 1. The second kappa shape index (κ2) is 14.4. The number of aliphatic hydroxyl groups excluding tert-OH is 1. The number of carbonyl (C=O) groups is 1. The first kappa shape index (κ1) is 32.9. The van der Waals surface area contributed by atoms with E-state index in [1.54, 1.807) is 0 Å². The first-order valence-electron chi connectivity index (χ1n) is 13.5. The van der Waals surface area contributed by atoms with Crippen molar-refractivity contribution in [3.8, 4) is 22.8 Å². The fraction of sp³-hybridized carbons (Fsp3) is 0.314. The van der Waals surface area contributed by atoms with Gasteiger partial charge >= 0.3 is 0 Å². The number of benzene rings is 3. The summed E-state index contributed by atoms with van der Waals surface area (Å²) in [7, 11) is 0. The number of rotatable bonds is 8. The first-order valence-corrected chi connectivity index (χ1v) is 13.5. The van der Waals surface area contributed by atoms with Crippen LogP contribution in [0.4, 0.5) is 0 Å². The van der Waals surface area contributed by atoms with Crippen molar-refractivity contribution in [1.82, 2.24) is 4.98 Å². The van der Waals surface area contributed by atoms with E-state index in [9.17, 15) is 9.90 Å². The smallest absolute Gasteiger partial charge is 0.217 e. The zero-order valence-corrected chi connectivity index (χ0v) is 26.9. The molecule has 0 fully saturated rings. The topological polar surface area (TPSA) is 59.4 Å². The van der Waals surface area contributed by atoms with E-state index in [0.29, 0.717) is 11.6 Å². The van der Waals surface area contributed by atoms with E-state index in [2.05, 4.69) is 54.4 Å². The summed E-state index contributed by atoms with van der Waals surface area (Å²) in [5.41, 5.74) is 2.97. The summed E-state index contributed by atoms with van der Waals surface area (Å²) in [5.74, 6) is 1.44. The molecule has 0 aliphatic heterocycles. The van der Waals surface area contributed by atoms with E-state index in [1.165, 1.54) is 22.8 Å². The largest absolute Gasteiger partial charge is 0.512 e. The Morgan fingerprint density at radius 2 is 1.60 bits per heavy atom. The Morgan fingerprint density at radius 1 is 0.950 bits per heavy atom. The molecule has 1 N–H and O–H groups in total. The Hall–Kier alpha value is -3.27. The van der Waals surface area contributed by atoms with Crippen LogP contribution in [0.1, 0.15) is 59.9 Å². The van der Waals surface area contributed by atoms with Crippen LogP contribution in [0.2, 0.25) is 0 Å². The van der Waals surface area contributed by atoms with Crippen molar-refractivity contribution in [2.24, 2.45) is 10.8 Å². The molecule has 0 aliphatic carbocycles. The number of pyridine rings is 1. The van der Waals surface area contributed by atoms with E-state index in [-0.39, 0.29) is 42.5 Å². The molecule has 0 aliphatic rings. The van der Waals surface area contributed by atoms with Crippen LogP contribution >= 0.6 is 0 Å². The standard InChI is InChI=1S/C22H16NO.C13H24O2.Ir/c1-16-12-13-18-15-23-21(24-19-10-6-3-7-11-19)14-20(18)22(16)17-8-4-2-5-9-17;1-7-12(3,4)10(14)9-11(15)13(5,6)8-2;/h2-10,12-15H,1H3;9,14H,7-8H2,1-6H3;/q-1;;/b;10-9-;. The monoisotopic (exact) mass is 715 g/mol. The molecule has 4 nitrogen and oxygen atoms in total. The molecular weight excluding hydrogens is 675 g/mol. The number of aliphatic hydroxyl groups is 1. The second-order valence-electron chi connectivity index (χ2n) is 11.1. The van der Waals surface area contributed by atoms with Gasteiger partial charge in [0.2, 0.25) is 5.88 Å². The normalized spacial score (nSPS) is 11.7.